The zero-order valence-corrected chi connectivity index (χ0v) is 15.4. The van der Waals surface area contributed by atoms with Crippen LogP contribution in [0.15, 0.2) is 59.4 Å². The molecular weight excluding hydrogens is 346 g/mol. The minimum Gasteiger partial charge on any atom is -0.508 e. The van der Waals surface area contributed by atoms with E-state index in [-0.39, 0.29) is 17.9 Å². The smallest absolute Gasteiger partial charge is 0.255 e. The van der Waals surface area contributed by atoms with Gasteiger partial charge in [-0.25, -0.2) is 0 Å². The van der Waals surface area contributed by atoms with Gasteiger partial charge in [-0.15, -0.1) is 0 Å². The summed E-state index contributed by atoms with van der Waals surface area (Å²) in [4.78, 5) is 12.6. The van der Waals surface area contributed by atoms with Gasteiger partial charge in [0.25, 0.3) is 5.56 Å². The van der Waals surface area contributed by atoms with Crippen molar-refractivity contribution >= 4 is 0 Å². The first-order chi connectivity index (χ1) is 13.1. The van der Waals surface area contributed by atoms with Gasteiger partial charge in [-0.1, -0.05) is 30.3 Å². The van der Waals surface area contributed by atoms with E-state index >= 15 is 0 Å². The minimum absolute atomic E-state index is 0.0694. The molecule has 0 aliphatic carbocycles. The van der Waals surface area contributed by atoms with Crippen molar-refractivity contribution in [3.05, 3.63) is 70.5 Å². The Morgan fingerprint density at radius 2 is 1.52 bits per heavy atom. The van der Waals surface area contributed by atoms with Crippen molar-refractivity contribution in [1.29, 1.82) is 0 Å². The lowest BCUT2D eigenvalue weighted by atomic mass is 10.1. The van der Waals surface area contributed by atoms with Crippen molar-refractivity contribution in [2.45, 2.75) is 6.54 Å². The lowest BCUT2D eigenvalue weighted by molar-refractivity contribution is 0.323. The summed E-state index contributed by atoms with van der Waals surface area (Å²) >= 11 is 0. The fourth-order valence-electron chi connectivity index (χ4n) is 3.00. The van der Waals surface area contributed by atoms with E-state index in [0.717, 1.165) is 11.1 Å². The molecular formula is C21H21NO5. The highest BCUT2D eigenvalue weighted by atomic mass is 16.5. The summed E-state index contributed by atoms with van der Waals surface area (Å²) in [6, 6.07) is 15.8. The van der Waals surface area contributed by atoms with Crippen molar-refractivity contribution in [3.8, 4) is 34.3 Å². The van der Waals surface area contributed by atoms with Crippen LogP contribution >= 0.6 is 0 Å². The number of pyridine rings is 1. The first-order valence-corrected chi connectivity index (χ1v) is 8.35. The molecule has 27 heavy (non-hydrogen) atoms. The Bertz CT molecular complexity index is 970. The number of hydrogen-bond donors (Lipinski definition) is 1. The number of benzene rings is 2. The topological polar surface area (TPSA) is 69.9 Å². The maximum Gasteiger partial charge on any atom is 0.255 e. The van der Waals surface area contributed by atoms with Crippen LogP contribution in [0.2, 0.25) is 0 Å². The highest BCUT2D eigenvalue weighted by molar-refractivity contribution is 5.61. The summed E-state index contributed by atoms with van der Waals surface area (Å²) in [5, 5.41) is 9.91. The number of nitrogens with zero attached hydrogens (tertiary/aromatic N) is 1. The average molecular weight is 367 g/mol. The Balaban J connectivity index is 2.13. The zero-order valence-electron chi connectivity index (χ0n) is 15.4. The summed E-state index contributed by atoms with van der Waals surface area (Å²) in [5.74, 6) is 1.45. The fourth-order valence-corrected chi connectivity index (χ4v) is 3.00. The van der Waals surface area contributed by atoms with E-state index in [2.05, 4.69) is 0 Å². The van der Waals surface area contributed by atoms with Crippen molar-refractivity contribution in [2.75, 3.05) is 21.3 Å². The molecule has 0 saturated carbocycles. The van der Waals surface area contributed by atoms with Crippen molar-refractivity contribution in [3.63, 3.8) is 0 Å². The molecule has 0 atom stereocenters. The third-order valence-electron chi connectivity index (χ3n) is 4.25. The number of hydrogen-bond acceptors (Lipinski definition) is 5. The maximum absolute atomic E-state index is 12.6. The third-order valence-corrected chi connectivity index (χ3v) is 4.25. The molecule has 1 aromatic heterocycles. The van der Waals surface area contributed by atoms with E-state index in [9.17, 15) is 9.90 Å². The van der Waals surface area contributed by atoms with Crippen LogP contribution in [0.3, 0.4) is 0 Å². The van der Waals surface area contributed by atoms with Crippen LogP contribution < -0.4 is 19.8 Å². The number of methoxy groups -OCH3 is 3. The van der Waals surface area contributed by atoms with Gasteiger partial charge >= 0.3 is 0 Å². The molecule has 0 bridgehead atoms. The summed E-state index contributed by atoms with van der Waals surface area (Å²) in [6.07, 6.45) is 0. The molecule has 0 aliphatic heterocycles. The molecule has 3 aromatic rings. The first-order valence-electron chi connectivity index (χ1n) is 8.35. The van der Waals surface area contributed by atoms with Crippen LogP contribution in [0.4, 0.5) is 0 Å². The Kier molecular flexibility index (Phi) is 5.35. The fraction of sp³-hybridized carbons (Fsp3) is 0.190. The van der Waals surface area contributed by atoms with E-state index in [1.54, 1.807) is 37.0 Å². The average Bonchev–Trinajstić information content (AvgIpc) is 2.69. The van der Waals surface area contributed by atoms with E-state index in [1.807, 2.05) is 30.3 Å². The Morgan fingerprint density at radius 1 is 0.889 bits per heavy atom. The molecule has 6 nitrogen and oxygen atoms in total. The molecule has 1 heterocycles. The predicted molar refractivity (Wildman–Crippen MR) is 103 cm³/mol. The van der Waals surface area contributed by atoms with Crippen molar-refractivity contribution in [2.24, 2.45) is 0 Å². The predicted octanol–water partition coefficient (Wildman–Crippen LogP) is 3.30. The van der Waals surface area contributed by atoms with Crippen LogP contribution in [0.25, 0.3) is 11.3 Å². The monoisotopic (exact) mass is 367 g/mol. The summed E-state index contributed by atoms with van der Waals surface area (Å²) in [6.45, 7) is 0.278. The van der Waals surface area contributed by atoms with Gasteiger partial charge in [-0.2, -0.15) is 0 Å². The largest absolute Gasteiger partial charge is 0.508 e. The lowest BCUT2D eigenvalue weighted by Crippen LogP contribution is -2.21. The van der Waals surface area contributed by atoms with Crippen LogP contribution in [0, 0.1) is 0 Å². The maximum atomic E-state index is 12.6. The second-order valence-electron chi connectivity index (χ2n) is 5.92. The Labute approximate surface area is 157 Å². The van der Waals surface area contributed by atoms with Gasteiger partial charge in [-0.05, 0) is 23.3 Å². The molecule has 0 aliphatic rings. The van der Waals surface area contributed by atoms with Crippen LogP contribution in [-0.4, -0.2) is 31.0 Å². The number of ether oxygens (including phenoxy) is 3. The van der Waals surface area contributed by atoms with Crippen molar-refractivity contribution < 1.29 is 19.3 Å². The van der Waals surface area contributed by atoms with E-state index < -0.39 is 0 Å². The SMILES string of the molecule is COc1cc(Cn2c(-c3ccccc3)cc(O)cc2=O)cc(OC)c1OC. The van der Waals surface area contributed by atoms with Gasteiger partial charge < -0.3 is 23.9 Å². The molecule has 2 aromatic carbocycles. The van der Waals surface area contributed by atoms with E-state index in [4.69, 9.17) is 14.2 Å². The first kappa shape index (κ1) is 18.4. The standard InChI is InChI=1S/C21H21NO5/c1-25-18-9-14(10-19(26-2)21(18)27-3)13-22-17(11-16(23)12-20(22)24)15-7-5-4-6-8-15/h4-12,23H,13H2,1-3H3. The molecule has 3 rings (SSSR count). The molecule has 1 N–H and O–H groups in total. The highest BCUT2D eigenvalue weighted by Crippen LogP contribution is 2.38. The molecule has 0 amide bonds. The zero-order chi connectivity index (χ0) is 19.4. The second-order valence-corrected chi connectivity index (χ2v) is 5.92. The van der Waals surface area contributed by atoms with Crippen LogP contribution in [-0.2, 0) is 6.54 Å². The summed E-state index contributed by atoms with van der Waals surface area (Å²) < 4.78 is 17.7. The molecule has 0 fully saturated rings. The second kappa shape index (κ2) is 7.86. The van der Waals surface area contributed by atoms with E-state index in [1.165, 1.54) is 13.2 Å². The van der Waals surface area contributed by atoms with E-state index in [0.29, 0.717) is 22.9 Å². The molecule has 6 heteroatoms. The van der Waals surface area contributed by atoms with Gasteiger partial charge in [0.2, 0.25) is 5.75 Å². The third kappa shape index (κ3) is 3.74. The Morgan fingerprint density at radius 3 is 2.07 bits per heavy atom. The minimum atomic E-state index is -0.303. The summed E-state index contributed by atoms with van der Waals surface area (Å²) in [7, 11) is 4.63. The van der Waals surface area contributed by atoms with Crippen LogP contribution in [0.1, 0.15) is 5.56 Å². The normalized spacial score (nSPS) is 10.5. The number of rotatable bonds is 6. The van der Waals surface area contributed by atoms with Crippen LogP contribution in [0.5, 0.6) is 23.0 Å². The highest BCUT2D eigenvalue weighted by Gasteiger charge is 2.15. The lowest BCUT2D eigenvalue weighted by Gasteiger charge is -2.17. The molecule has 0 spiro atoms. The molecule has 0 radical (unpaired) electrons. The van der Waals surface area contributed by atoms with Gasteiger partial charge in [0.1, 0.15) is 5.75 Å². The van der Waals surface area contributed by atoms with Gasteiger partial charge in [0.15, 0.2) is 11.5 Å². The Hall–Kier alpha value is -3.41. The molecule has 0 unspecified atom stereocenters. The van der Waals surface area contributed by atoms with Gasteiger partial charge in [0, 0.05) is 12.1 Å². The van der Waals surface area contributed by atoms with Gasteiger partial charge in [-0.3, -0.25) is 4.79 Å². The number of aromatic nitrogens is 1. The summed E-state index contributed by atoms with van der Waals surface area (Å²) in [5.41, 5.74) is 1.95. The van der Waals surface area contributed by atoms with Crippen molar-refractivity contribution in [1.82, 2.24) is 4.57 Å². The quantitative estimate of drug-likeness (QED) is 0.724. The molecule has 0 saturated heterocycles. The number of aromatic hydroxyl groups is 1. The molecule has 140 valence electrons. The van der Waals surface area contributed by atoms with Gasteiger partial charge in [0.05, 0.1) is 33.6 Å².